The lowest BCUT2D eigenvalue weighted by Crippen LogP contribution is -2.54. The monoisotopic (exact) mass is 228 g/mol. The van der Waals surface area contributed by atoms with Gasteiger partial charge in [-0.2, -0.15) is 0 Å². The largest absolute Gasteiger partial charge is 0.480 e. The van der Waals surface area contributed by atoms with Gasteiger partial charge < -0.3 is 15.3 Å². The molecule has 5 nitrogen and oxygen atoms in total. The van der Waals surface area contributed by atoms with Crippen molar-refractivity contribution in [2.75, 3.05) is 13.6 Å². The Kier molecular flexibility index (Phi) is 3.78. The molecule has 2 N–H and O–H groups in total. The molecule has 0 aromatic heterocycles. The van der Waals surface area contributed by atoms with Gasteiger partial charge in [0.2, 0.25) is 0 Å². The molecule has 1 saturated carbocycles. The molecule has 1 fully saturated rings. The fraction of sp³-hybridized carbons (Fsp3) is 0.818. The zero-order valence-corrected chi connectivity index (χ0v) is 10.1. The van der Waals surface area contributed by atoms with E-state index in [1.165, 1.54) is 32.2 Å². The number of carbonyl (C=O) groups excluding carboxylic acids is 1. The molecule has 1 rings (SSSR count). The first-order chi connectivity index (χ1) is 7.35. The van der Waals surface area contributed by atoms with Crippen LogP contribution in [0, 0.1) is 5.92 Å². The van der Waals surface area contributed by atoms with Gasteiger partial charge in [0.1, 0.15) is 5.54 Å². The van der Waals surface area contributed by atoms with Crippen molar-refractivity contribution in [2.45, 2.75) is 38.6 Å². The van der Waals surface area contributed by atoms with Gasteiger partial charge in [0.15, 0.2) is 0 Å². The topological polar surface area (TPSA) is 69.6 Å². The van der Waals surface area contributed by atoms with Gasteiger partial charge in [-0.25, -0.2) is 9.59 Å². The smallest absolute Gasteiger partial charge is 0.329 e. The van der Waals surface area contributed by atoms with Crippen LogP contribution in [0.3, 0.4) is 0 Å². The molecular formula is C11H20N2O3. The Labute approximate surface area is 95.8 Å². The number of hydrogen-bond acceptors (Lipinski definition) is 2. The molecule has 0 aliphatic heterocycles. The van der Waals surface area contributed by atoms with E-state index in [0.29, 0.717) is 12.5 Å². The van der Waals surface area contributed by atoms with Crippen LogP contribution in [0.5, 0.6) is 0 Å². The van der Waals surface area contributed by atoms with Crippen molar-refractivity contribution >= 4 is 12.0 Å². The third kappa shape index (κ3) is 2.65. The maximum Gasteiger partial charge on any atom is 0.329 e. The molecule has 2 amide bonds. The number of amides is 2. The molecule has 0 spiro atoms. The molecule has 0 aromatic carbocycles. The van der Waals surface area contributed by atoms with E-state index in [4.69, 9.17) is 5.11 Å². The van der Waals surface area contributed by atoms with Crippen LogP contribution in [0.4, 0.5) is 4.79 Å². The van der Waals surface area contributed by atoms with Gasteiger partial charge in [0.05, 0.1) is 0 Å². The number of likely N-dealkylation sites (N-methyl/N-ethyl adjacent to an activating group) is 1. The average molecular weight is 228 g/mol. The Morgan fingerprint density at radius 3 is 2.38 bits per heavy atom. The Morgan fingerprint density at radius 2 is 2.00 bits per heavy atom. The van der Waals surface area contributed by atoms with E-state index in [2.05, 4.69) is 5.32 Å². The number of hydrogen-bond donors (Lipinski definition) is 2. The second kappa shape index (κ2) is 4.72. The first-order valence-corrected chi connectivity index (χ1v) is 5.60. The SMILES string of the molecule is CN(C(=O)NCC1CCC1)C(C)(C)C(=O)O. The summed E-state index contributed by atoms with van der Waals surface area (Å²) in [7, 11) is 1.50. The number of nitrogens with one attached hydrogen (secondary N) is 1. The van der Waals surface area contributed by atoms with Gasteiger partial charge in [-0.15, -0.1) is 0 Å². The van der Waals surface area contributed by atoms with Crippen molar-refractivity contribution in [1.29, 1.82) is 0 Å². The number of nitrogens with zero attached hydrogens (tertiary/aromatic N) is 1. The summed E-state index contributed by atoms with van der Waals surface area (Å²) >= 11 is 0. The molecule has 92 valence electrons. The van der Waals surface area contributed by atoms with Crippen molar-refractivity contribution < 1.29 is 14.7 Å². The second-order valence-electron chi connectivity index (χ2n) is 4.91. The third-order valence-corrected chi connectivity index (χ3v) is 3.43. The van der Waals surface area contributed by atoms with Gasteiger partial charge in [-0.3, -0.25) is 0 Å². The predicted octanol–water partition coefficient (Wildman–Crippen LogP) is 1.29. The van der Waals surface area contributed by atoms with Gasteiger partial charge >= 0.3 is 12.0 Å². The summed E-state index contributed by atoms with van der Waals surface area (Å²) in [6.07, 6.45) is 3.55. The molecule has 0 bridgehead atoms. The summed E-state index contributed by atoms with van der Waals surface area (Å²) in [6, 6.07) is -0.320. The van der Waals surface area contributed by atoms with Gasteiger partial charge in [0, 0.05) is 13.6 Å². The maximum absolute atomic E-state index is 11.7. The highest BCUT2D eigenvalue weighted by Gasteiger charge is 2.35. The van der Waals surface area contributed by atoms with E-state index >= 15 is 0 Å². The molecule has 0 radical (unpaired) electrons. The van der Waals surface area contributed by atoms with E-state index < -0.39 is 11.5 Å². The quantitative estimate of drug-likeness (QED) is 0.761. The van der Waals surface area contributed by atoms with E-state index in [-0.39, 0.29) is 6.03 Å². The van der Waals surface area contributed by atoms with Crippen LogP contribution >= 0.6 is 0 Å². The van der Waals surface area contributed by atoms with Crippen LogP contribution in [0.25, 0.3) is 0 Å². The number of carbonyl (C=O) groups is 2. The van der Waals surface area contributed by atoms with Crippen LogP contribution in [-0.4, -0.2) is 41.1 Å². The molecule has 0 atom stereocenters. The minimum atomic E-state index is -1.18. The van der Waals surface area contributed by atoms with E-state index in [1.807, 2.05) is 0 Å². The van der Waals surface area contributed by atoms with E-state index in [0.717, 1.165) is 12.8 Å². The summed E-state index contributed by atoms with van der Waals surface area (Å²) in [6.45, 7) is 3.68. The number of carboxylic acid groups (broad SMARTS) is 1. The molecule has 0 saturated heterocycles. The molecule has 1 aliphatic rings. The van der Waals surface area contributed by atoms with Gasteiger partial charge in [-0.05, 0) is 32.6 Å². The first kappa shape index (κ1) is 12.8. The molecule has 0 aromatic rings. The van der Waals surface area contributed by atoms with Crippen LogP contribution in [0.2, 0.25) is 0 Å². The van der Waals surface area contributed by atoms with Crippen LogP contribution in [0.15, 0.2) is 0 Å². The fourth-order valence-electron chi connectivity index (χ4n) is 1.44. The average Bonchev–Trinajstić information content (AvgIpc) is 2.13. The van der Waals surface area contributed by atoms with Gasteiger partial charge in [0.25, 0.3) is 0 Å². The first-order valence-electron chi connectivity index (χ1n) is 5.60. The second-order valence-corrected chi connectivity index (χ2v) is 4.91. The molecule has 5 heteroatoms. The van der Waals surface area contributed by atoms with Crippen LogP contribution in [0.1, 0.15) is 33.1 Å². The lowest BCUT2D eigenvalue weighted by Gasteiger charge is -2.33. The highest BCUT2D eigenvalue weighted by atomic mass is 16.4. The summed E-state index contributed by atoms with van der Waals surface area (Å²) in [5, 5.41) is 11.7. The Morgan fingerprint density at radius 1 is 1.44 bits per heavy atom. The summed E-state index contributed by atoms with van der Waals surface area (Å²) in [5.41, 5.74) is -1.18. The zero-order chi connectivity index (χ0) is 12.3. The maximum atomic E-state index is 11.7. The number of rotatable bonds is 4. The molecule has 16 heavy (non-hydrogen) atoms. The van der Waals surface area contributed by atoms with Gasteiger partial charge in [-0.1, -0.05) is 6.42 Å². The minimum absolute atomic E-state index is 0.320. The van der Waals surface area contributed by atoms with E-state index in [1.54, 1.807) is 0 Å². The zero-order valence-electron chi connectivity index (χ0n) is 10.1. The Bertz CT molecular complexity index is 285. The van der Waals surface area contributed by atoms with Crippen LogP contribution in [-0.2, 0) is 4.79 Å². The number of aliphatic carboxylic acids is 1. The third-order valence-electron chi connectivity index (χ3n) is 3.43. The highest BCUT2D eigenvalue weighted by Crippen LogP contribution is 2.25. The highest BCUT2D eigenvalue weighted by molar-refractivity contribution is 5.85. The summed E-state index contributed by atoms with van der Waals surface area (Å²) in [4.78, 5) is 23.9. The molecular weight excluding hydrogens is 208 g/mol. The minimum Gasteiger partial charge on any atom is -0.480 e. The lowest BCUT2D eigenvalue weighted by molar-refractivity contribution is -0.146. The van der Waals surface area contributed by atoms with Crippen molar-refractivity contribution in [3.05, 3.63) is 0 Å². The molecule has 1 aliphatic carbocycles. The van der Waals surface area contributed by atoms with Crippen LogP contribution < -0.4 is 5.32 Å². The van der Waals surface area contributed by atoms with E-state index in [9.17, 15) is 9.59 Å². The van der Waals surface area contributed by atoms with Crippen molar-refractivity contribution in [2.24, 2.45) is 5.92 Å². The van der Waals surface area contributed by atoms with Crippen molar-refractivity contribution in [1.82, 2.24) is 10.2 Å². The summed E-state index contributed by atoms with van der Waals surface area (Å²) in [5.74, 6) is -0.431. The standard InChI is InChI=1S/C11H20N2O3/c1-11(2,9(14)15)13(3)10(16)12-7-8-5-4-6-8/h8H,4-7H2,1-3H3,(H,12,16)(H,14,15). The number of carboxylic acids is 1. The molecule has 0 heterocycles. The fourth-order valence-corrected chi connectivity index (χ4v) is 1.44. The normalized spacial score (nSPS) is 16.4. The van der Waals surface area contributed by atoms with Crippen molar-refractivity contribution in [3.8, 4) is 0 Å². The Hall–Kier alpha value is -1.26. The number of urea groups is 1. The lowest BCUT2D eigenvalue weighted by atomic mass is 9.85. The summed E-state index contributed by atoms with van der Waals surface area (Å²) < 4.78 is 0. The van der Waals surface area contributed by atoms with Crippen molar-refractivity contribution in [3.63, 3.8) is 0 Å². The molecule has 0 unspecified atom stereocenters. The Balaban J connectivity index is 2.42. The predicted molar refractivity (Wildman–Crippen MR) is 60.2 cm³/mol.